The van der Waals surface area contributed by atoms with Gasteiger partial charge in [-0.1, -0.05) is 18.0 Å². The fraction of sp³-hybridized carbons (Fsp3) is 0.615. The molecule has 0 spiro atoms. The summed E-state index contributed by atoms with van der Waals surface area (Å²) in [6, 6.07) is 1.80. The summed E-state index contributed by atoms with van der Waals surface area (Å²) >= 11 is 6.24. The fourth-order valence-corrected chi connectivity index (χ4v) is 3.58. The highest BCUT2D eigenvalue weighted by molar-refractivity contribution is 6.33. The van der Waals surface area contributed by atoms with E-state index in [9.17, 15) is 0 Å². The van der Waals surface area contributed by atoms with Gasteiger partial charge in [0.25, 0.3) is 0 Å². The molecule has 2 unspecified atom stereocenters. The van der Waals surface area contributed by atoms with Crippen LogP contribution >= 0.6 is 11.6 Å². The lowest BCUT2D eigenvalue weighted by molar-refractivity contribution is 0.230. The van der Waals surface area contributed by atoms with Gasteiger partial charge in [0.15, 0.2) is 0 Å². The molecule has 17 heavy (non-hydrogen) atoms. The molecule has 2 bridgehead atoms. The lowest BCUT2D eigenvalue weighted by Gasteiger charge is -2.42. The van der Waals surface area contributed by atoms with Crippen molar-refractivity contribution in [3.8, 4) is 0 Å². The van der Waals surface area contributed by atoms with Crippen LogP contribution in [0.1, 0.15) is 25.7 Å². The molecular weight excluding hydrogens is 234 g/mol. The summed E-state index contributed by atoms with van der Waals surface area (Å²) in [5, 5.41) is 0.685. The molecule has 1 saturated heterocycles. The number of piperidine rings is 1. The Labute approximate surface area is 107 Å². The van der Waals surface area contributed by atoms with Crippen LogP contribution in [-0.4, -0.2) is 18.1 Å². The standard InChI is InChI=1S/C13H18ClN3/c14-12-5-11(15)6-16-13(12)17-7-9-2-1-3-10(4-9)8-17/h5-6,9-10H,1-4,7-8,15H2. The van der Waals surface area contributed by atoms with E-state index in [4.69, 9.17) is 17.3 Å². The zero-order chi connectivity index (χ0) is 11.8. The minimum absolute atomic E-state index is 0.635. The zero-order valence-corrected chi connectivity index (χ0v) is 10.7. The van der Waals surface area contributed by atoms with Gasteiger partial charge in [-0.2, -0.15) is 0 Å². The normalized spacial score (nSPS) is 28.2. The molecule has 1 aliphatic carbocycles. The van der Waals surface area contributed by atoms with E-state index in [1.165, 1.54) is 25.7 Å². The summed E-state index contributed by atoms with van der Waals surface area (Å²) in [6.45, 7) is 2.21. The van der Waals surface area contributed by atoms with E-state index in [-0.39, 0.29) is 0 Å². The lowest BCUT2D eigenvalue weighted by Crippen LogP contribution is -2.43. The number of hydrogen-bond donors (Lipinski definition) is 1. The van der Waals surface area contributed by atoms with Crippen LogP contribution in [0.25, 0.3) is 0 Å². The molecule has 0 aromatic carbocycles. The number of pyridine rings is 1. The molecule has 1 aliphatic heterocycles. The summed E-state index contributed by atoms with van der Waals surface area (Å²) in [4.78, 5) is 6.74. The van der Waals surface area contributed by atoms with Crippen molar-refractivity contribution in [1.29, 1.82) is 0 Å². The van der Waals surface area contributed by atoms with Crippen LogP contribution in [0.3, 0.4) is 0 Å². The number of halogens is 1. The zero-order valence-electron chi connectivity index (χ0n) is 9.90. The van der Waals surface area contributed by atoms with Gasteiger partial charge in [-0.3, -0.25) is 0 Å². The van der Waals surface area contributed by atoms with E-state index in [1.54, 1.807) is 12.3 Å². The van der Waals surface area contributed by atoms with E-state index in [0.29, 0.717) is 10.7 Å². The molecular formula is C13H18ClN3. The monoisotopic (exact) mass is 251 g/mol. The van der Waals surface area contributed by atoms with Gasteiger partial charge in [0, 0.05) is 13.1 Å². The third kappa shape index (κ3) is 2.21. The number of fused-ring (bicyclic) bond motifs is 2. The van der Waals surface area contributed by atoms with E-state index in [2.05, 4.69) is 9.88 Å². The average molecular weight is 252 g/mol. The van der Waals surface area contributed by atoms with Gasteiger partial charge in [0.2, 0.25) is 0 Å². The third-order valence-corrected chi connectivity index (χ3v) is 4.27. The smallest absolute Gasteiger partial charge is 0.147 e. The lowest BCUT2D eigenvalue weighted by atomic mass is 9.78. The largest absolute Gasteiger partial charge is 0.397 e. The van der Waals surface area contributed by atoms with E-state index in [1.807, 2.05) is 0 Å². The topological polar surface area (TPSA) is 42.1 Å². The van der Waals surface area contributed by atoms with Crippen LogP contribution in [0.4, 0.5) is 11.5 Å². The van der Waals surface area contributed by atoms with Crippen LogP contribution < -0.4 is 10.6 Å². The van der Waals surface area contributed by atoms with Crippen LogP contribution in [0.5, 0.6) is 0 Å². The molecule has 92 valence electrons. The fourth-order valence-electron chi connectivity index (χ4n) is 3.28. The van der Waals surface area contributed by atoms with Crippen molar-refractivity contribution < 1.29 is 0 Å². The van der Waals surface area contributed by atoms with Crippen molar-refractivity contribution in [2.75, 3.05) is 23.7 Å². The quantitative estimate of drug-likeness (QED) is 0.835. The van der Waals surface area contributed by atoms with Crippen molar-refractivity contribution in [2.24, 2.45) is 11.8 Å². The Morgan fingerprint density at radius 1 is 1.29 bits per heavy atom. The molecule has 1 aromatic heterocycles. The molecule has 2 atom stereocenters. The molecule has 3 nitrogen and oxygen atoms in total. The first-order valence-electron chi connectivity index (χ1n) is 6.38. The van der Waals surface area contributed by atoms with Crippen molar-refractivity contribution in [3.05, 3.63) is 17.3 Å². The second-order valence-electron chi connectivity index (χ2n) is 5.38. The maximum Gasteiger partial charge on any atom is 0.147 e. The van der Waals surface area contributed by atoms with Gasteiger partial charge in [0.05, 0.1) is 16.9 Å². The molecule has 0 amide bonds. The molecule has 2 heterocycles. The Bertz CT molecular complexity index is 409. The summed E-state index contributed by atoms with van der Waals surface area (Å²) in [5.41, 5.74) is 6.32. The summed E-state index contributed by atoms with van der Waals surface area (Å²) < 4.78 is 0. The third-order valence-electron chi connectivity index (χ3n) is 3.99. The van der Waals surface area contributed by atoms with Crippen LogP contribution in [0.15, 0.2) is 12.3 Å². The number of anilines is 2. The first-order chi connectivity index (χ1) is 8.22. The Morgan fingerprint density at radius 2 is 2.00 bits per heavy atom. The number of nitrogen functional groups attached to an aromatic ring is 1. The number of hydrogen-bond acceptors (Lipinski definition) is 3. The summed E-state index contributed by atoms with van der Waals surface area (Å²) in [7, 11) is 0. The van der Waals surface area contributed by atoms with Crippen molar-refractivity contribution in [3.63, 3.8) is 0 Å². The van der Waals surface area contributed by atoms with Crippen molar-refractivity contribution >= 4 is 23.1 Å². The highest BCUT2D eigenvalue weighted by atomic mass is 35.5. The predicted octanol–water partition coefficient (Wildman–Crippen LogP) is 2.94. The molecule has 4 heteroatoms. The molecule has 1 saturated carbocycles. The van der Waals surface area contributed by atoms with Gasteiger partial charge >= 0.3 is 0 Å². The Morgan fingerprint density at radius 3 is 2.65 bits per heavy atom. The molecule has 3 rings (SSSR count). The van der Waals surface area contributed by atoms with Gasteiger partial charge in [-0.15, -0.1) is 0 Å². The highest BCUT2D eigenvalue weighted by Gasteiger charge is 2.31. The van der Waals surface area contributed by atoms with Gasteiger partial charge in [0.1, 0.15) is 5.82 Å². The van der Waals surface area contributed by atoms with Gasteiger partial charge < -0.3 is 10.6 Å². The van der Waals surface area contributed by atoms with Crippen molar-refractivity contribution in [1.82, 2.24) is 4.98 Å². The summed E-state index contributed by atoms with van der Waals surface area (Å²) in [6.07, 6.45) is 7.21. The molecule has 2 N–H and O–H groups in total. The van der Waals surface area contributed by atoms with Gasteiger partial charge in [-0.25, -0.2) is 4.98 Å². The first kappa shape index (κ1) is 11.1. The second-order valence-corrected chi connectivity index (χ2v) is 5.78. The minimum atomic E-state index is 0.635. The van der Waals surface area contributed by atoms with Crippen LogP contribution in [0, 0.1) is 11.8 Å². The molecule has 0 radical (unpaired) electrons. The Hall–Kier alpha value is -0.960. The second kappa shape index (κ2) is 4.37. The van der Waals surface area contributed by atoms with Crippen LogP contribution in [0.2, 0.25) is 5.02 Å². The summed E-state index contributed by atoms with van der Waals surface area (Å²) in [5.74, 6) is 2.58. The van der Waals surface area contributed by atoms with Crippen LogP contribution in [-0.2, 0) is 0 Å². The Kier molecular flexibility index (Phi) is 2.87. The van der Waals surface area contributed by atoms with E-state index >= 15 is 0 Å². The first-order valence-corrected chi connectivity index (χ1v) is 6.76. The average Bonchev–Trinajstić information content (AvgIpc) is 2.28. The highest BCUT2D eigenvalue weighted by Crippen LogP contribution is 2.37. The molecule has 2 fully saturated rings. The number of nitrogens with two attached hydrogens (primary N) is 1. The van der Waals surface area contributed by atoms with E-state index < -0.39 is 0 Å². The van der Waals surface area contributed by atoms with Gasteiger partial charge in [-0.05, 0) is 37.2 Å². The molecule has 2 aliphatic rings. The number of rotatable bonds is 1. The van der Waals surface area contributed by atoms with E-state index in [0.717, 1.165) is 30.7 Å². The minimum Gasteiger partial charge on any atom is -0.397 e. The maximum absolute atomic E-state index is 6.24. The van der Waals surface area contributed by atoms with Crippen molar-refractivity contribution in [2.45, 2.75) is 25.7 Å². The SMILES string of the molecule is Nc1cnc(N2CC3CCCC(C3)C2)c(Cl)c1. The maximum atomic E-state index is 6.24. The number of aromatic nitrogens is 1. The Balaban J connectivity index is 1.84. The number of nitrogens with zero attached hydrogens (tertiary/aromatic N) is 2. The predicted molar refractivity (Wildman–Crippen MR) is 71.3 cm³/mol. The molecule has 1 aromatic rings.